The zero-order chi connectivity index (χ0) is 18.7. The molecule has 0 aliphatic rings. The number of amides is 1. The van der Waals surface area contributed by atoms with Crippen molar-refractivity contribution in [3.8, 4) is 0 Å². The Morgan fingerprint density at radius 3 is 2.46 bits per heavy atom. The zero-order valence-electron chi connectivity index (χ0n) is 14.7. The van der Waals surface area contributed by atoms with Gasteiger partial charge >= 0.3 is 11.1 Å². The van der Waals surface area contributed by atoms with E-state index < -0.39 is 11.1 Å². The molecule has 0 saturated carbocycles. The second-order valence-corrected chi connectivity index (χ2v) is 6.05. The average Bonchev–Trinajstić information content (AvgIpc) is 2.68. The van der Waals surface area contributed by atoms with Gasteiger partial charge in [-0.15, -0.1) is 0 Å². The standard InChI is InChI=1S/C19H20N4O3/c1-3-13-6-8-14(9-7-13)11-21-16(24)12-23-15-5-4-10-20-17(15)22(2)18(25)19(23)26/h4-10H,3,11-12H2,1-2H3,(H,21,24). The number of hydrogen-bond donors (Lipinski definition) is 1. The monoisotopic (exact) mass is 352 g/mol. The molecule has 0 unspecified atom stereocenters. The Hall–Kier alpha value is -3.22. The predicted molar refractivity (Wildman–Crippen MR) is 98.9 cm³/mol. The summed E-state index contributed by atoms with van der Waals surface area (Å²) < 4.78 is 2.36. The molecule has 26 heavy (non-hydrogen) atoms. The van der Waals surface area contributed by atoms with Gasteiger partial charge in [0.2, 0.25) is 5.91 Å². The lowest BCUT2D eigenvalue weighted by atomic mass is 10.1. The fourth-order valence-corrected chi connectivity index (χ4v) is 2.77. The molecule has 7 nitrogen and oxygen atoms in total. The summed E-state index contributed by atoms with van der Waals surface area (Å²) in [6, 6.07) is 11.3. The highest BCUT2D eigenvalue weighted by Gasteiger charge is 2.14. The minimum Gasteiger partial charge on any atom is -0.350 e. The molecule has 0 saturated heterocycles. The summed E-state index contributed by atoms with van der Waals surface area (Å²) in [6.45, 7) is 2.21. The SMILES string of the molecule is CCc1ccc(CNC(=O)Cn2c(=O)c(=O)n(C)c3ncccc32)cc1. The molecule has 0 bridgehead atoms. The summed E-state index contributed by atoms with van der Waals surface area (Å²) in [6.07, 6.45) is 2.50. The zero-order valence-corrected chi connectivity index (χ0v) is 14.7. The van der Waals surface area contributed by atoms with Crippen LogP contribution in [0.4, 0.5) is 0 Å². The summed E-state index contributed by atoms with van der Waals surface area (Å²) in [7, 11) is 1.49. The second-order valence-electron chi connectivity index (χ2n) is 6.05. The van der Waals surface area contributed by atoms with Crippen molar-refractivity contribution in [2.24, 2.45) is 7.05 Å². The van der Waals surface area contributed by atoms with Crippen LogP contribution in [-0.4, -0.2) is 20.0 Å². The maximum absolute atomic E-state index is 12.3. The van der Waals surface area contributed by atoms with E-state index in [9.17, 15) is 14.4 Å². The van der Waals surface area contributed by atoms with Crippen molar-refractivity contribution in [1.29, 1.82) is 0 Å². The van der Waals surface area contributed by atoms with Crippen LogP contribution in [0.25, 0.3) is 11.2 Å². The van der Waals surface area contributed by atoms with Crippen LogP contribution in [-0.2, 0) is 31.4 Å². The van der Waals surface area contributed by atoms with Gasteiger partial charge in [-0.2, -0.15) is 0 Å². The highest BCUT2D eigenvalue weighted by atomic mass is 16.2. The maximum atomic E-state index is 12.3. The number of nitrogens with one attached hydrogen (secondary N) is 1. The van der Waals surface area contributed by atoms with E-state index in [1.165, 1.54) is 27.9 Å². The van der Waals surface area contributed by atoms with Gasteiger partial charge in [-0.1, -0.05) is 31.2 Å². The highest BCUT2D eigenvalue weighted by Crippen LogP contribution is 2.07. The van der Waals surface area contributed by atoms with E-state index in [0.717, 1.165) is 12.0 Å². The lowest BCUT2D eigenvalue weighted by Gasteiger charge is -2.12. The molecule has 1 N–H and O–H groups in total. The minimum absolute atomic E-state index is 0.232. The largest absolute Gasteiger partial charge is 0.350 e. The Kier molecular flexibility index (Phi) is 4.97. The Bertz CT molecular complexity index is 1060. The van der Waals surface area contributed by atoms with Crippen LogP contribution in [0.15, 0.2) is 52.2 Å². The fraction of sp³-hybridized carbons (Fsp3) is 0.263. The van der Waals surface area contributed by atoms with Crippen LogP contribution in [0, 0.1) is 0 Å². The molecule has 0 aliphatic carbocycles. The van der Waals surface area contributed by atoms with Crippen LogP contribution in [0.3, 0.4) is 0 Å². The van der Waals surface area contributed by atoms with E-state index in [1.54, 1.807) is 12.1 Å². The molecule has 3 aromatic rings. The quantitative estimate of drug-likeness (QED) is 0.694. The molecule has 3 rings (SSSR count). The maximum Gasteiger partial charge on any atom is 0.317 e. The summed E-state index contributed by atoms with van der Waals surface area (Å²) in [5, 5.41) is 2.78. The van der Waals surface area contributed by atoms with Gasteiger partial charge in [0.05, 0.1) is 5.52 Å². The molecule has 1 aromatic carbocycles. The number of pyridine rings is 1. The van der Waals surface area contributed by atoms with Gasteiger partial charge in [-0.05, 0) is 29.7 Å². The third kappa shape index (κ3) is 3.42. The number of aromatic nitrogens is 3. The van der Waals surface area contributed by atoms with E-state index in [2.05, 4.69) is 17.2 Å². The molecule has 0 radical (unpaired) electrons. The van der Waals surface area contributed by atoms with Crippen molar-refractivity contribution in [1.82, 2.24) is 19.4 Å². The number of hydrogen-bond acceptors (Lipinski definition) is 4. The Balaban J connectivity index is 1.81. The first-order valence-corrected chi connectivity index (χ1v) is 8.40. The van der Waals surface area contributed by atoms with Crippen molar-refractivity contribution < 1.29 is 4.79 Å². The van der Waals surface area contributed by atoms with E-state index in [0.29, 0.717) is 17.7 Å². The van der Waals surface area contributed by atoms with Crippen LogP contribution in [0.5, 0.6) is 0 Å². The van der Waals surface area contributed by atoms with E-state index in [4.69, 9.17) is 0 Å². The van der Waals surface area contributed by atoms with Crippen LogP contribution in [0.2, 0.25) is 0 Å². The molecule has 134 valence electrons. The first-order valence-electron chi connectivity index (χ1n) is 8.40. The molecule has 0 fully saturated rings. The van der Waals surface area contributed by atoms with Gasteiger partial charge in [0.1, 0.15) is 6.54 Å². The summed E-state index contributed by atoms with van der Waals surface area (Å²) in [5.74, 6) is -0.343. The first-order chi connectivity index (χ1) is 12.5. The number of aryl methyl sites for hydroxylation is 2. The molecule has 2 heterocycles. The van der Waals surface area contributed by atoms with Gasteiger partial charge < -0.3 is 5.32 Å². The third-order valence-corrected chi connectivity index (χ3v) is 4.33. The molecule has 0 spiro atoms. The van der Waals surface area contributed by atoms with Crippen LogP contribution in [0.1, 0.15) is 18.1 Å². The molecular weight excluding hydrogens is 332 g/mol. The first kappa shape index (κ1) is 17.6. The molecule has 7 heteroatoms. The van der Waals surface area contributed by atoms with E-state index >= 15 is 0 Å². The van der Waals surface area contributed by atoms with Crippen molar-refractivity contribution in [3.05, 3.63) is 74.4 Å². The van der Waals surface area contributed by atoms with E-state index in [-0.39, 0.29) is 12.5 Å². The number of benzene rings is 1. The number of carbonyl (C=O) groups is 1. The average molecular weight is 352 g/mol. The van der Waals surface area contributed by atoms with Crippen LogP contribution >= 0.6 is 0 Å². The van der Waals surface area contributed by atoms with Crippen LogP contribution < -0.4 is 16.4 Å². The number of fused-ring (bicyclic) bond motifs is 1. The summed E-state index contributed by atoms with van der Waals surface area (Å²) in [4.78, 5) is 40.8. The fourth-order valence-electron chi connectivity index (χ4n) is 2.77. The lowest BCUT2D eigenvalue weighted by molar-refractivity contribution is -0.121. The summed E-state index contributed by atoms with van der Waals surface area (Å²) >= 11 is 0. The Labute approximate surface area is 149 Å². The number of nitrogens with zero attached hydrogens (tertiary/aromatic N) is 3. The van der Waals surface area contributed by atoms with Crippen molar-refractivity contribution in [2.75, 3.05) is 0 Å². The summed E-state index contributed by atoms with van der Waals surface area (Å²) in [5.41, 5.74) is 1.56. The highest BCUT2D eigenvalue weighted by molar-refractivity contribution is 5.78. The van der Waals surface area contributed by atoms with Crippen molar-refractivity contribution in [3.63, 3.8) is 0 Å². The van der Waals surface area contributed by atoms with Gasteiger partial charge in [-0.25, -0.2) is 4.98 Å². The smallest absolute Gasteiger partial charge is 0.317 e. The van der Waals surface area contributed by atoms with Gasteiger partial charge in [0, 0.05) is 19.8 Å². The number of rotatable bonds is 5. The minimum atomic E-state index is -0.740. The normalized spacial score (nSPS) is 10.8. The molecular formula is C19H20N4O3. The third-order valence-electron chi connectivity index (χ3n) is 4.33. The second kappa shape index (κ2) is 7.35. The van der Waals surface area contributed by atoms with E-state index in [1.807, 2.05) is 24.3 Å². The predicted octanol–water partition coefficient (Wildman–Crippen LogP) is 0.974. The number of carbonyl (C=O) groups excluding carboxylic acids is 1. The lowest BCUT2D eigenvalue weighted by Crippen LogP contribution is -2.43. The topological polar surface area (TPSA) is 86.0 Å². The molecule has 1 amide bonds. The van der Waals surface area contributed by atoms with Gasteiger partial charge in [0.25, 0.3) is 0 Å². The Morgan fingerprint density at radius 1 is 1.08 bits per heavy atom. The Morgan fingerprint density at radius 2 is 1.77 bits per heavy atom. The van der Waals surface area contributed by atoms with Gasteiger partial charge in [0.15, 0.2) is 5.65 Å². The van der Waals surface area contributed by atoms with Crippen molar-refractivity contribution in [2.45, 2.75) is 26.4 Å². The van der Waals surface area contributed by atoms with Crippen molar-refractivity contribution >= 4 is 17.1 Å². The molecule has 0 aliphatic heterocycles. The molecule has 2 aromatic heterocycles. The van der Waals surface area contributed by atoms with Gasteiger partial charge in [-0.3, -0.25) is 23.5 Å². The molecule has 0 atom stereocenters.